The van der Waals surface area contributed by atoms with Gasteiger partial charge in [0.15, 0.2) is 0 Å². The van der Waals surface area contributed by atoms with Gasteiger partial charge in [-0.1, -0.05) is 41.5 Å². The minimum atomic E-state index is 0.0619. The molecule has 1 heterocycles. The van der Waals surface area contributed by atoms with Crippen LogP contribution in [0, 0.1) is 13.8 Å². The van der Waals surface area contributed by atoms with Crippen LogP contribution in [0.5, 0.6) is 0 Å². The predicted molar refractivity (Wildman–Crippen MR) is 113 cm³/mol. The van der Waals surface area contributed by atoms with Crippen molar-refractivity contribution in [1.82, 2.24) is 10.2 Å². The zero-order valence-corrected chi connectivity index (χ0v) is 17.0. The Hall–Kier alpha value is -2.21. The summed E-state index contributed by atoms with van der Waals surface area (Å²) >= 11 is 0. The molecule has 2 N–H and O–H groups in total. The van der Waals surface area contributed by atoms with E-state index in [4.69, 9.17) is 4.74 Å². The van der Waals surface area contributed by atoms with Gasteiger partial charge in [-0.25, -0.2) is 0 Å². The van der Waals surface area contributed by atoms with E-state index in [-0.39, 0.29) is 5.91 Å². The number of nitrogens with one attached hydrogen (secondary N) is 2. The van der Waals surface area contributed by atoms with Crippen LogP contribution >= 0.6 is 0 Å². The third-order valence-corrected chi connectivity index (χ3v) is 4.91. The number of amides is 1. The molecule has 0 atom stereocenters. The summed E-state index contributed by atoms with van der Waals surface area (Å²) in [4.78, 5) is 14.5. The highest BCUT2D eigenvalue weighted by atomic mass is 16.5. The Bertz CT molecular complexity index is 765. The Balaban J connectivity index is 1.44. The number of hydrogen-bond donors (Lipinski definition) is 2. The van der Waals surface area contributed by atoms with Gasteiger partial charge in [-0.05, 0) is 37.1 Å². The van der Waals surface area contributed by atoms with Crippen molar-refractivity contribution in [2.24, 2.45) is 0 Å². The summed E-state index contributed by atoms with van der Waals surface area (Å²) in [5.41, 5.74) is 5.90. The van der Waals surface area contributed by atoms with Crippen molar-refractivity contribution in [3.05, 3.63) is 64.7 Å². The molecule has 0 saturated carbocycles. The van der Waals surface area contributed by atoms with E-state index in [2.05, 4.69) is 53.6 Å². The fourth-order valence-electron chi connectivity index (χ4n) is 3.59. The third kappa shape index (κ3) is 6.75. The maximum absolute atomic E-state index is 12.2. The molecule has 3 rings (SSSR count). The van der Waals surface area contributed by atoms with Crippen LogP contribution in [0.4, 0.5) is 5.69 Å². The Morgan fingerprint density at radius 1 is 1.00 bits per heavy atom. The second-order valence-electron chi connectivity index (χ2n) is 7.55. The number of ether oxygens (including phenoxy) is 1. The van der Waals surface area contributed by atoms with Gasteiger partial charge in [0.1, 0.15) is 0 Å². The van der Waals surface area contributed by atoms with Crippen LogP contribution in [0.3, 0.4) is 0 Å². The van der Waals surface area contributed by atoms with Gasteiger partial charge in [0.25, 0.3) is 0 Å². The lowest BCUT2D eigenvalue weighted by Gasteiger charge is -2.26. The Morgan fingerprint density at radius 3 is 2.46 bits per heavy atom. The fraction of sp³-hybridized carbons (Fsp3) is 0.435. The maximum Gasteiger partial charge on any atom is 0.225 e. The summed E-state index contributed by atoms with van der Waals surface area (Å²) < 4.78 is 5.34. The summed E-state index contributed by atoms with van der Waals surface area (Å²) in [5.74, 6) is 0.0619. The van der Waals surface area contributed by atoms with Crippen LogP contribution in [0.15, 0.2) is 42.5 Å². The molecule has 28 heavy (non-hydrogen) atoms. The molecule has 1 aliphatic heterocycles. The molecular weight excluding hydrogens is 350 g/mol. The molecule has 1 fully saturated rings. The molecule has 0 aliphatic carbocycles. The average Bonchev–Trinajstić information content (AvgIpc) is 2.67. The topological polar surface area (TPSA) is 53.6 Å². The normalized spacial score (nSPS) is 14.8. The zero-order valence-electron chi connectivity index (χ0n) is 17.0. The summed E-state index contributed by atoms with van der Waals surface area (Å²) in [6, 6.07) is 14.7. The van der Waals surface area contributed by atoms with Crippen LogP contribution < -0.4 is 10.6 Å². The van der Waals surface area contributed by atoms with Gasteiger partial charge in [-0.15, -0.1) is 0 Å². The SMILES string of the molecule is Cc1cc(C)cc(CNCc2cccc(NC(=O)CCN3CCOCC3)c2)c1. The molecule has 0 spiro atoms. The second kappa shape index (κ2) is 10.4. The maximum atomic E-state index is 12.2. The molecule has 1 saturated heterocycles. The van der Waals surface area contributed by atoms with Gasteiger partial charge in [0.05, 0.1) is 13.2 Å². The number of rotatable bonds is 8. The number of anilines is 1. The van der Waals surface area contributed by atoms with Gasteiger partial charge in [-0.2, -0.15) is 0 Å². The number of morpholine rings is 1. The highest BCUT2D eigenvalue weighted by molar-refractivity contribution is 5.90. The van der Waals surface area contributed by atoms with Gasteiger partial charge in [0, 0.05) is 44.8 Å². The minimum absolute atomic E-state index is 0.0619. The Morgan fingerprint density at radius 2 is 1.71 bits per heavy atom. The molecule has 0 aromatic heterocycles. The van der Waals surface area contributed by atoms with Crippen molar-refractivity contribution in [1.29, 1.82) is 0 Å². The lowest BCUT2D eigenvalue weighted by molar-refractivity contribution is -0.116. The highest BCUT2D eigenvalue weighted by Gasteiger charge is 2.12. The standard InChI is InChI=1S/C23H31N3O2/c1-18-12-19(2)14-21(13-18)17-24-16-20-4-3-5-22(15-20)25-23(27)6-7-26-8-10-28-11-9-26/h3-5,12-15,24H,6-11,16-17H2,1-2H3,(H,25,27). The molecule has 0 radical (unpaired) electrons. The van der Waals surface area contributed by atoms with E-state index >= 15 is 0 Å². The molecule has 1 amide bonds. The number of carbonyl (C=O) groups excluding carboxylic acids is 1. The summed E-state index contributed by atoms with van der Waals surface area (Å²) in [5, 5.41) is 6.51. The summed E-state index contributed by atoms with van der Waals surface area (Å²) in [7, 11) is 0. The first-order valence-corrected chi connectivity index (χ1v) is 10.1. The monoisotopic (exact) mass is 381 g/mol. The van der Waals surface area contributed by atoms with Crippen LogP contribution in [0.25, 0.3) is 0 Å². The van der Waals surface area contributed by atoms with Crippen molar-refractivity contribution in [3.8, 4) is 0 Å². The lowest BCUT2D eigenvalue weighted by Crippen LogP contribution is -2.38. The third-order valence-electron chi connectivity index (χ3n) is 4.91. The molecule has 5 heteroatoms. The van der Waals surface area contributed by atoms with Crippen molar-refractivity contribution in [3.63, 3.8) is 0 Å². The van der Waals surface area contributed by atoms with Gasteiger partial charge in [0.2, 0.25) is 5.91 Å². The molecule has 0 unspecified atom stereocenters. The first-order chi connectivity index (χ1) is 13.6. The van der Waals surface area contributed by atoms with Gasteiger partial charge < -0.3 is 15.4 Å². The number of aryl methyl sites for hydroxylation is 2. The number of nitrogens with zero attached hydrogens (tertiary/aromatic N) is 1. The van der Waals surface area contributed by atoms with Gasteiger partial charge >= 0.3 is 0 Å². The molecule has 5 nitrogen and oxygen atoms in total. The highest BCUT2D eigenvalue weighted by Crippen LogP contribution is 2.12. The van der Waals surface area contributed by atoms with Crippen LogP contribution in [0.1, 0.15) is 28.7 Å². The Kier molecular flexibility index (Phi) is 7.60. The molecule has 1 aliphatic rings. The number of carbonyl (C=O) groups is 1. The van der Waals surface area contributed by atoms with Crippen molar-refractivity contribution < 1.29 is 9.53 Å². The molecular formula is C23H31N3O2. The van der Waals surface area contributed by atoms with Crippen LogP contribution in [0.2, 0.25) is 0 Å². The number of hydrogen-bond acceptors (Lipinski definition) is 4. The number of benzene rings is 2. The Labute approximate surface area is 168 Å². The predicted octanol–water partition coefficient (Wildman–Crippen LogP) is 3.25. The molecule has 0 bridgehead atoms. The van der Waals surface area contributed by atoms with Gasteiger partial charge in [-0.3, -0.25) is 9.69 Å². The van der Waals surface area contributed by atoms with E-state index in [1.165, 1.54) is 16.7 Å². The lowest BCUT2D eigenvalue weighted by atomic mass is 10.1. The summed E-state index contributed by atoms with van der Waals surface area (Å²) in [6.07, 6.45) is 0.509. The largest absolute Gasteiger partial charge is 0.379 e. The molecule has 150 valence electrons. The van der Waals surface area contributed by atoms with Crippen LogP contribution in [-0.2, 0) is 22.6 Å². The van der Waals surface area contributed by atoms with E-state index < -0.39 is 0 Å². The molecule has 2 aromatic rings. The first kappa shape index (κ1) is 20.5. The second-order valence-corrected chi connectivity index (χ2v) is 7.55. The van der Waals surface area contributed by atoms with E-state index in [9.17, 15) is 4.79 Å². The van der Waals surface area contributed by atoms with E-state index in [0.29, 0.717) is 6.42 Å². The van der Waals surface area contributed by atoms with Crippen molar-refractivity contribution in [2.75, 3.05) is 38.2 Å². The van der Waals surface area contributed by atoms with E-state index in [1.807, 2.05) is 18.2 Å². The smallest absolute Gasteiger partial charge is 0.225 e. The minimum Gasteiger partial charge on any atom is -0.379 e. The summed E-state index contributed by atoms with van der Waals surface area (Å²) in [6.45, 7) is 9.99. The molecule has 2 aromatic carbocycles. The zero-order chi connectivity index (χ0) is 19.8. The van der Waals surface area contributed by atoms with Crippen molar-refractivity contribution >= 4 is 11.6 Å². The fourth-order valence-corrected chi connectivity index (χ4v) is 3.59. The average molecular weight is 382 g/mol. The van der Waals surface area contributed by atoms with Crippen molar-refractivity contribution in [2.45, 2.75) is 33.4 Å². The first-order valence-electron chi connectivity index (χ1n) is 10.1. The quantitative estimate of drug-likeness (QED) is 0.737. The van der Waals surface area contributed by atoms with E-state index in [1.54, 1.807) is 0 Å². The van der Waals surface area contributed by atoms with E-state index in [0.717, 1.165) is 57.2 Å². The van der Waals surface area contributed by atoms with Crippen LogP contribution in [-0.4, -0.2) is 43.7 Å².